The number of halogens is 1. The highest BCUT2D eigenvalue weighted by molar-refractivity contribution is 5.95. The van der Waals surface area contributed by atoms with Gasteiger partial charge in [0.15, 0.2) is 0 Å². The molecule has 0 aromatic heterocycles. The third-order valence-corrected chi connectivity index (χ3v) is 3.62. The summed E-state index contributed by atoms with van der Waals surface area (Å²) in [7, 11) is 0. The zero-order valence-corrected chi connectivity index (χ0v) is 14.3. The van der Waals surface area contributed by atoms with E-state index in [9.17, 15) is 9.59 Å². The van der Waals surface area contributed by atoms with Crippen LogP contribution in [0, 0.1) is 13.8 Å². The molecule has 1 saturated heterocycles. The average molecular weight is 342 g/mol. The van der Waals surface area contributed by atoms with Crippen molar-refractivity contribution in [1.82, 2.24) is 10.6 Å². The van der Waals surface area contributed by atoms with E-state index < -0.39 is 0 Å². The van der Waals surface area contributed by atoms with Crippen molar-refractivity contribution in [3.8, 4) is 0 Å². The summed E-state index contributed by atoms with van der Waals surface area (Å²) in [6, 6.07) is 5.85. The lowest BCUT2D eigenvalue weighted by Crippen LogP contribution is -2.45. The van der Waals surface area contributed by atoms with E-state index in [0.717, 1.165) is 23.4 Å². The number of ether oxygens (including phenoxy) is 1. The summed E-state index contributed by atoms with van der Waals surface area (Å²) in [5.74, 6) is -0.377. The number of para-hydroxylation sites is 1. The number of rotatable bonds is 5. The molecule has 1 atom stereocenters. The van der Waals surface area contributed by atoms with Crippen LogP contribution in [0.5, 0.6) is 0 Å². The van der Waals surface area contributed by atoms with Crippen LogP contribution in [0.3, 0.4) is 0 Å². The van der Waals surface area contributed by atoms with Gasteiger partial charge >= 0.3 is 0 Å². The van der Waals surface area contributed by atoms with Crippen LogP contribution in [0.2, 0.25) is 0 Å². The molecule has 1 aliphatic rings. The summed E-state index contributed by atoms with van der Waals surface area (Å²) in [5.41, 5.74) is 2.82. The van der Waals surface area contributed by atoms with Crippen LogP contribution in [0.4, 0.5) is 5.69 Å². The van der Waals surface area contributed by atoms with Gasteiger partial charge in [-0.2, -0.15) is 0 Å². The molecule has 23 heavy (non-hydrogen) atoms. The van der Waals surface area contributed by atoms with Gasteiger partial charge in [-0.15, -0.1) is 12.4 Å². The number of aryl methyl sites for hydroxylation is 2. The lowest BCUT2D eigenvalue weighted by atomic mass is 10.1. The highest BCUT2D eigenvalue weighted by Gasteiger charge is 2.17. The average Bonchev–Trinajstić information content (AvgIpc) is 2.50. The van der Waals surface area contributed by atoms with E-state index in [1.807, 2.05) is 32.0 Å². The van der Waals surface area contributed by atoms with Crippen molar-refractivity contribution in [2.24, 2.45) is 0 Å². The molecule has 2 rings (SSSR count). The van der Waals surface area contributed by atoms with Crippen molar-refractivity contribution in [1.29, 1.82) is 0 Å². The van der Waals surface area contributed by atoms with Gasteiger partial charge in [0, 0.05) is 24.7 Å². The van der Waals surface area contributed by atoms with Crippen LogP contribution in [-0.4, -0.2) is 44.2 Å². The largest absolute Gasteiger partial charge is 0.378 e. The zero-order chi connectivity index (χ0) is 15.9. The molecule has 3 N–H and O–H groups in total. The third-order valence-electron chi connectivity index (χ3n) is 3.62. The second kappa shape index (κ2) is 9.50. The fourth-order valence-electron chi connectivity index (χ4n) is 2.42. The maximum Gasteiger partial charge on any atom is 0.243 e. The molecule has 128 valence electrons. The smallest absolute Gasteiger partial charge is 0.243 e. The van der Waals surface area contributed by atoms with Gasteiger partial charge in [0.25, 0.3) is 0 Å². The topological polar surface area (TPSA) is 79.5 Å². The van der Waals surface area contributed by atoms with Gasteiger partial charge in [-0.25, -0.2) is 0 Å². The number of morpholine rings is 1. The summed E-state index contributed by atoms with van der Waals surface area (Å²) < 4.78 is 5.29. The molecule has 0 saturated carbocycles. The van der Waals surface area contributed by atoms with E-state index in [1.54, 1.807) is 0 Å². The Labute approximate surface area is 142 Å². The Balaban J connectivity index is 0.00000264. The molecule has 1 fully saturated rings. The molecule has 2 amide bonds. The van der Waals surface area contributed by atoms with E-state index in [2.05, 4.69) is 16.0 Å². The fourth-order valence-corrected chi connectivity index (χ4v) is 2.42. The van der Waals surface area contributed by atoms with Gasteiger partial charge < -0.3 is 20.7 Å². The van der Waals surface area contributed by atoms with Crippen molar-refractivity contribution in [2.45, 2.75) is 26.3 Å². The molecule has 0 radical (unpaired) electrons. The van der Waals surface area contributed by atoms with Gasteiger partial charge in [0.05, 0.1) is 19.8 Å². The van der Waals surface area contributed by atoms with Crippen LogP contribution in [0.15, 0.2) is 18.2 Å². The molecule has 7 heteroatoms. The number of hydrogen-bond acceptors (Lipinski definition) is 4. The van der Waals surface area contributed by atoms with Crippen LogP contribution in [0.25, 0.3) is 0 Å². The Hall–Kier alpha value is -1.63. The quantitative estimate of drug-likeness (QED) is 0.751. The Morgan fingerprint density at radius 2 is 1.96 bits per heavy atom. The first kappa shape index (κ1) is 19.4. The van der Waals surface area contributed by atoms with Crippen molar-refractivity contribution in [3.63, 3.8) is 0 Å². The van der Waals surface area contributed by atoms with Gasteiger partial charge in [-0.05, 0) is 25.0 Å². The van der Waals surface area contributed by atoms with Crippen molar-refractivity contribution < 1.29 is 14.3 Å². The summed E-state index contributed by atoms with van der Waals surface area (Å²) >= 11 is 0. The standard InChI is InChI=1S/C16H23N3O3.ClH/c1-11-4-3-5-12(2)16(11)19-15(21)9-18-14(20)8-13-10-22-7-6-17-13;/h3-5,13,17H,6-10H2,1-2H3,(H,18,20)(H,19,21);1H. The molecule has 1 aromatic rings. The lowest BCUT2D eigenvalue weighted by molar-refractivity contribution is -0.125. The number of benzene rings is 1. The van der Waals surface area contributed by atoms with Crippen LogP contribution < -0.4 is 16.0 Å². The number of amides is 2. The second-order valence-corrected chi connectivity index (χ2v) is 5.52. The lowest BCUT2D eigenvalue weighted by Gasteiger charge is -2.23. The van der Waals surface area contributed by atoms with E-state index in [4.69, 9.17) is 4.74 Å². The summed E-state index contributed by atoms with van der Waals surface area (Å²) in [6.07, 6.45) is 0.316. The summed E-state index contributed by atoms with van der Waals surface area (Å²) in [6.45, 7) is 5.81. The van der Waals surface area contributed by atoms with Gasteiger partial charge in [0.2, 0.25) is 11.8 Å². The van der Waals surface area contributed by atoms with Crippen molar-refractivity contribution in [3.05, 3.63) is 29.3 Å². The Bertz CT molecular complexity index is 525. The normalized spacial score (nSPS) is 17.0. The molecule has 0 spiro atoms. The summed E-state index contributed by atoms with van der Waals surface area (Å²) in [4.78, 5) is 23.8. The number of nitrogens with one attached hydrogen (secondary N) is 3. The van der Waals surface area contributed by atoms with E-state index in [0.29, 0.717) is 19.6 Å². The monoisotopic (exact) mass is 341 g/mol. The number of carbonyl (C=O) groups excluding carboxylic acids is 2. The number of hydrogen-bond donors (Lipinski definition) is 3. The Kier molecular flexibility index (Phi) is 8.02. The highest BCUT2D eigenvalue weighted by atomic mass is 35.5. The minimum absolute atomic E-state index is 0. The molecular weight excluding hydrogens is 318 g/mol. The van der Waals surface area contributed by atoms with Crippen molar-refractivity contribution in [2.75, 3.05) is 31.6 Å². The van der Waals surface area contributed by atoms with E-state index in [-0.39, 0.29) is 36.8 Å². The first-order chi connectivity index (χ1) is 10.6. The Morgan fingerprint density at radius 1 is 1.26 bits per heavy atom. The maximum atomic E-state index is 11.9. The predicted molar refractivity (Wildman–Crippen MR) is 92.0 cm³/mol. The third kappa shape index (κ3) is 6.17. The molecule has 0 aliphatic carbocycles. The minimum atomic E-state index is -0.224. The minimum Gasteiger partial charge on any atom is -0.378 e. The van der Waals surface area contributed by atoms with Gasteiger partial charge in [-0.1, -0.05) is 18.2 Å². The molecule has 0 bridgehead atoms. The molecule has 6 nitrogen and oxygen atoms in total. The molecule has 1 heterocycles. The maximum absolute atomic E-state index is 11.9. The first-order valence-corrected chi connectivity index (χ1v) is 7.50. The number of carbonyl (C=O) groups is 2. The highest BCUT2D eigenvalue weighted by Crippen LogP contribution is 2.18. The number of anilines is 1. The summed E-state index contributed by atoms with van der Waals surface area (Å²) in [5, 5.41) is 8.69. The predicted octanol–water partition coefficient (Wildman–Crippen LogP) is 1.16. The zero-order valence-electron chi connectivity index (χ0n) is 13.5. The first-order valence-electron chi connectivity index (χ1n) is 7.50. The van der Waals surface area contributed by atoms with Gasteiger partial charge in [-0.3, -0.25) is 9.59 Å². The Morgan fingerprint density at radius 3 is 2.57 bits per heavy atom. The molecule has 1 aliphatic heterocycles. The fraction of sp³-hybridized carbons (Fsp3) is 0.500. The van der Waals surface area contributed by atoms with Crippen LogP contribution >= 0.6 is 12.4 Å². The van der Waals surface area contributed by atoms with Crippen LogP contribution in [-0.2, 0) is 14.3 Å². The van der Waals surface area contributed by atoms with Crippen LogP contribution in [0.1, 0.15) is 17.5 Å². The molecular formula is C16H24ClN3O3. The van der Waals surface area contributed by atoms with Gasteiger partial charge in [0.1, 0.15) is 0 Å². The van der Waals surface area contributed by atoms with E-state index in [1.165, 1.54) is 0 Å². The molecule has 1 unspecified atom stereocenters. The molecule has 1 aromatic carbocycles. The van der Waals surface area contributed by atoms with E-state index >= 15 is 0 Å². The van der Waals surface area contributed by atoms with Crippen molar-refractivity contribution >= 4 is 29.9 Å². The second-order valence-electron chi connectivity index (χ2n) is 5.52. The SMILES string of the molecule is Cc1cccc(C)c1NC(=O)CNC(=O)CC1COCCN1.Cl.